The molecule has 0 saturated heterocycles. The summed E-state index contributed by atoms with van der Waals surface area (Å²) in [5.74, 6) is 0.686. The van der Waals surface area contributed by atoms with Crippen molar-refractivity contribution in [1.82, 2.24) is 14.8 Å². The van der Waals surface area contributed by atoms with Gasteiger partial charge in [-0.1, -0.05) is 17.8 Å². The van der Waals surface area contributed by atoms with Gasteiger partial charge in [0.2, 0.25) is 11.8 Å². The monoisotopic (exact) mass is 411 g/mol. The number of nitrogens with zero attached hydrogens (tertiary/aromatic N) is 3. The fraction of sp³-hybridized carbons (Fsp3) is 0.200. The highest BCUT2D eigenvalue weighted by Crippen LogP contribution is 2.29. The fourth-order valence-electron chi connectivity index (χ4n) is 2.66. The van der Waals surface area contributed by atoms with Crippen molar-refractivity contribution in [2.24, 2.45) is 5.73 Å². The topological polar surface area (TPSA) is 116 Å². The van der Waals surface area contributed by atoms with Gasteiger partial charge in [-0.3, -0.25) is 14.2 Å². The van der Waals surface area contributed by atoms with Crippen molar-refractivity contribution in [3.8, 4) is 11.4 Å². The van der Waals surface area contributed by atoms with Gasteiger partial charge in [-0.2, -0.15) is 0 Å². The Hall–Kier alpha value is -3.33. The number of rotatable bonds is 8. The Morgan fingerprint density at radius 3 is 2.62 bits per heavy atom. The van der Waals surface area contributed by atoms with Crippen LogP contribution in [-0.2, 0) is 11.3 Å². The number of primary amides is 1. The highest BCUT2D eigenvalue weighted by atomic mass is 32.2. The Morgan fingerprint density at radius 2 is 2.03 bits per heavy atom. The highest BCUT2D eigenvalue weighted by molar-refractivity contribution is 8.00. The van der Waals surface area contributed by atoms with Crippen LogP contribution >= 0.6 is 11.8 Å². The van der Waals surface area contributed by atoms with E-state index in [2.05, 4.69) is 22.1 Å². The first-order chi connectivity index (χ1) is 13.9. The van der Waals surface area contributed by atoms with Crippen LogP contribution in [0.3, 0.4) is 0 Å². The molecule has 9 heteroatoms. The van der Waals surface area contributed by atoms with Gasteiger partial charge in [-0.05, 0) is 44.2 Å². The summed E-state index contributed by atoms with van der Waals surface area (Å²) >= 11 is 1.29. The number of allylic oxidation sites excluding steroid dienone is 1. The Morgan fingerprint density at radius 1 is 1.31 bits per heavy atom. The van der Waals surface area contributed by atoms with Gasteiger partial charge in [-0.15, -0.1) is 16.8 Å². The molecular formula is C20H21N5O3S. The summed E-state index contributed by atoms with van der Waals surface area (Å²) in [6.07, 6.45) is 3.35. The largest absolute Gasteiger partial charge is 0.469 e. The minimum absolute atomic E-state index is 0.198. The van der Waals surface area contributed by atoms with E-state index in [4.69, 9.17) is 10.2 Å². The number of carbonyl (C=O) groups is 2. The van der Waals surface area contributed by atoms with Gasteiger partial charge in [-0.25, -0.2) is 0 Å². The zero-order valence-corrected chi connectivity index (χ0v) is 16.9. The van der Waals surface area contributed by atoms with Crippen molar-refractivity contribution >= 4 is 29.3 Å². The molecule has 0 radical (unpaired) electrons. The minimum atomic E-state index is -0.517. The molecule has 0 fully saturated rings. The molecule has 3 N–H and O–H groups in total. The lowest BCUT2D eigenvalue weighted by molar-refractivity contribution is -0.115. The van der Waals surface area contributed by atoms with E-state index in [0.29, 0.717) is 28.8 Å². The number of aromatic nitrogens is 3. The highest BCUT2D eigenvalue weighted by Gasteiger charge is 2.22. The van der Waals surface area contributed by atoms with E-state index in [1.54, 1.807) is 43.5 Å². The maximum absolute atomic E-state index is 12.6. The number of anilines is 1. The standard InChI is InChI=1S/C20H21N5O3S/c1-4-10-25-18(16-9-11-28-12(16)2)23-24-20(25)29-13(3)19(27)22-15-7-5-14(6-8-15)17(21)26/h4-9,11,13H,1,10H2,2-3H3,(H2,21,26)(H,22,27). The average molecular weight is 411 g/mol. The number of nitrogens with one attached hydrogen (secondary N) is 1. The molecule has 3 aromatic rings. The van der Waals surface area contributed by atoms with Gasteiger partial charge in [0, 0.05) is 17.8 Å². The summed E-state index contributed by atoms with van der Waals surface area (Å²) in [7, 11) is 0. The van der Waals surface area contributed by atoms with E-state index in [1.807, 2.05) is 17.6 Å². The number of nitrogens with two attached hydrogens (primary N) is 1. The van der Waals surface area contributed by atoms with Crippen LogP contribution in [-0.4, -0.2) is 31.8 Å². The van der Waals surface area contributed by atoms with Crippen molar-refractivity contribution < 1.29 is 14.0 Å². The maximum atomic E-state index is 12.6. The van der Waals surface area contributed by atoms with Crippen LogP contribution in [0, 0.1) is 6.92 Å². The molecular weight excluding hydrogens is 390 g/mol. The van der Waals surface area contributed by atoms with Gasteiger partial charge >= 0.3 is 0 Å². The summed E-state index contributed by atoms with van der Waals surface area (Å²) in [5, 5.41) is 11.5. The first-order valence-electron chi connectivity index (χ1n) is 8.86. The number of aryl methyl sites for hydroxylation is 1. The minimum Gasteiger partial charge on any atom is -0.469 e. The second kappa shape index (κ2) is 8.78. The molecule has 0 aliphatic heterocycles. The zero-order chi connectivity index (χ0) is 21.0. The molecule has 0 bridgehead atoms. The Labute approximate surface area is 172 Å². The molecule has 0 aliphatic carbocycles. The third-order valence-corrected chi connectivity index (χ3v) is 5.30. The van der Waals surface area contributed by atoms with Crippen LogP contribution in [0.1, 0.15) is 23.0 Å². The molecule has 29 heavy (non-hydrogen) atoms. The molecule has 0 aliphatic rings. The van der Waals surface area contributed by atoms with Crippen molar-refractivity contribution in [3.05, 3.63) is 60.6 Å². The third-order valence-electron chi connectivity index (χ3n) is 4.22. The normalized spacial score (nSPS) is 11.8. The number of hydrogen-bond acceptors (Lipinski definition) is 6. The van der Waals surface area contributed by atoms with Crippen molar-refractivity contribution in [1.29, 1.82) is 0 Å². The quantitative estimate of drug-likeness (QED) is 0.434. The molecule has 2 amide bonds. The van der Waals surface area contributed by atoms with Gasteiger partial charge in [0.25, 0.3) is 0 Å². The molecule has 150 valence electrons. The van der Waals surface area contributed by atoms with Crippen molar-refractivity contribution in [2.75, 3.05) is 5.32 Å². The van der Waals surface area contributed by atoms with E-state index < -0.39 is 11.2 Å². The summed E-state index contributed by atoms with van der Waals surface area (Å²) in [6.45, 7) is 7.93. The van der Waals surface area contributed by atoms with Crippen LogP contribution in [0.15, 0.2) is 58.8 Å². The van der Waals surface area contributed by atoms with Crippen LogP contribution in [0.2, 0.25) is 0 Å². The smallest absolute Gasteiger partial charge is 0.248 e. The molecule has 2 aromatic heterocycles. The summed E-state index contributed by atoms with van der Waals surface area (Å²) in [4.78, 5) is 23.7. The number of thioether (sulfide) groups is 1. The molecule has 1 atom stereocenters. The van der Waals surface area contributed by atoms with Gasteiger partial charge in [0.1, 0.15) is 5.76 Å². The molecule has 8 nitrogen and oxygen atoms in total. The SMILES string of the molecule is C=CCn1c(SC(C)C(=O)Nc2ccc(C(N)=O)cc2)nnc1-c1ccoc1C. The molecule has 0 spiro atoms. The van der Waals surface area contributed by atoms with Crippen LogP contribution < -0.4 is 11.1 Å². The lowest BCUT2D eigenvalue weighted by Crippen LogP contribution is -2.23. The number of benzene rings is 1. The first kappa shape index (κ1) is 20.4. The van der Waals surface area contributed by atoms with Gasteiger partial charge < -0.3 is 15.5 Å². The predicted molar refractivity (Wildman–Crippen MR) is 112 cm³/mol. The first-order valence-corrected chi connectivity index (χ1v) is 9.74. The lowest BCUT2D eigenvalue weighted by atomic mass is 10.2. The third kappa shape index (κ3) is 4.57. The predicted octanol–water partition coefficient (Wildman–Crippen LogP) is 3.25. The Bertz CT molecular complexity index is 1040. The fourth-order valence-corrected chi connectivity index (χ4v) is 3.52. The molecule has 1 unspecified atom stereocenters. The number of furan rings is 1. The van der Waals surface area contributed by atoms with E-state index >= 15 is 0 Å². The van der Waals surface area contributed by atoms with Gasteiger partial charge in [0.15, 0.2) is 11.0 Å². The summed E-state index contributed by atoms with van der Waals surface area (Å²) in [5.41, 5.74) is 7.03. The summed E-state index contributed by atoms with van der Waals surface area (Å²) in [6, 6.07) is 8.23. The average Bonchev–Trinajstić information content (AvgIpc) is 3.28. The van der Waals surface area contributed by atoms with E-state index in [1.165, 1.54) is 11.8 Å². The number of amides is 2. The zero-order valence-electron chi connectivity index (χ0n) is 16.1. The second-order valence-electron chi connectivity index (χ2n) is 6.29. The van der Waals surface area contributed by atoms with Crippen molar-refractivity contribution in [3.63, 3.8) is 0 Å². The molecule has 0 saturated carbocycles. The van der Waals surface area contributed by atoms with Gasteiger partial charge in [0.05, 0.1) is 17.1 Å². The Balaban J connectivity index is 1.74. The van der Waals surface area contributed by atoms with E-state index in [-0.39, 0.29) is 5.91 Å². The number of hydrogen-bond donors (Lipinski definition) is 2. The maximum Gasteiger partial charge on any atom is 0.248 e. The Kier molecular flexibility index (Phi) is 6.18. The lowest BCUT2D eigenvalue weighted by Gasteiger charge is -2.13. The number of carbonyl (C=O) groups excluding carboxylic acids is 2. The second-order valence-corrected chi connectivity index (χ2v) is 7.59. The van der Waals surface area contributed by atoms with Crippen molar-refractivity contribution in [2.45, 2.75) is 30.8 Å². The molecule has 3 rings (SSSR count). The molecule has 1 aromatic carbocycles. The van der Waals surface area contributed by atoms with Crippen LogP contribution in [0.4, 0.5) is 5.69 Å². The molecule has 2 heterocycles. The van der Waals surface area contributed by atoms with Crippen LogP contribution in [0.5, 0.6) is 0 Å². The van der Waals surface area contributed by atoms with Crippen LogP contribution in [0.25, 0.3) is 11.4 Å². The summed E-state index contributed by atoms with van der Waals surface area (Å²) < 4.78 is 7.25. The van der Waals surface area contributed by atoms with E-state index in [9.17, 15) is 9.59 Å². The van der Waals surface area contributed by atoms with E-state index in [0.717, 1.165) is 11.3 Å².